The largest absolute Gasteiger partial charge is 0.493 e. The lowest BCUT2D eigenvalue weighted by Gasteiger charge is -2.14. The Morgan fingerprint density at radius 2 is 1.74 bits per heavy atom. The van der Waals surface area contributed by atoms with Crippen LogP contribution in [0.2, 0.25) is 0 Å². The van der Waals surface area contributed by atoms with Crippen LogP contribution in [0, 0.1) is 0 Å². The van der Waals surface area contributed by atoms with Crippen molar-refractivity contribution in [2.75, 3.05) is 20.5 Å². The first-order valence-electron chi connectivity index (χ1n) is 8.45. The van der Waals surface area contributed by atoms with Crippen LogP contribution in [0.15, 0.2) is 65.7 Å². The SMILES string of the molecule is COc1cc(-c2ccnc3cc(-c4ccccc4)nn23)cc(SC)c1OC. The molecule has 0 bridgehead atoms. The summed E-state index contributed by atoms with van der Waals surface area (Å²) in [6, 6.07) is 18.1. The first kappa shape index (κ1) is 17.4. The number of nitrogens with zero attached hydrogens (tertiary/aromatic N) is 3. The third-order valence-corrected chi connectivity index (χ3v) is 5.13. The average Bonchev–Trinajstić information content (AvgIpc) is 3.17. The molecule has 0 saturated heterocycles. The van der Waals surface area contributed by atoms with E-state index in [-0.39, 0.29) is 0 Å². The molecular formula is C21H19N3O2S. The lowest BCUT2D eigenvalue weighted by atomic mass is 10.1. The summed E-state index contributed by atoms with van der Waals surface area (Å²) in [5.74, 6) is 1.43. The van der Waals surface area contributed by atoms with E-state index >= 15 is 0 Å². The maximum atomic E-state index is 5.54. The third-order valence-electron chi connectivity index (χ3n) is 4.39. The Morgan fingerprint density at radius 3 is 2.44 bits per heavy atom. The van der Waals surface area contributed by atoms with Gasteiger partial charge in [-0.05, 0) is 24.5 Å². The van der Waals surface area contributed by atoms with E-state index in [9.17, 15) is 0 Å². The Kier molecular flexibility index (Phi) is 4.73. The lowest BCUT2D eigenvalue weighted by Crippen LogP contribution is -1.98. The minimum absolute atomic E-state index is 0.694. The molecule has 0 aliphatic heterocycles. The highest BCUT2D eigenvalue weighted by Gasteiger charge is 2.16. The summed E-state index contributed by atoms with van der Waals surface area (Å²) in [5, 5.41) is 4.79. The van der Waals surface area contributed by atoms with E-state index in [1.807, 2.05) is 59.3 Å². The summed E-state index contributed by atoms with van der Waals surface area (Å²) in [5.41, 5.74) is 4.68. The molecule has 0 N–H and O–H groups in total. The summed E-state index contributed by atoms with van der Waals surface area (Å²) in [4.78, 5) is 5.48. The van der Waals surface area contributed by atoms with Crippen molar-refractivity contribution in [2.24, 2.45) is 0 Å². The second kappa shape index (κ2) is 7.32. The maximum absolute atomic E-state index is 5.54. The molecule has 6 heteroatoms. The van der Waals surface area contributed by atoms with Crippen LogP contribution in [-0.4, -0.2) is 35.1 Å². The zero-order chi connectivity index (χ0) is 18.8. The molecule has 0 unspecified atom stereocenters. The van der Waals surface area contributed by atoms with E-state index in [0.29, 0.717) is 5.75 Å². The number of hydrogen-bond donors (Lipinski definition) is 0. The van der Waals surface area contributed by atoms with Crippen LogP contribution in [0.4, 0.5) is 0 Å². The lowest BCUT2D eigenvalue weighted by molar-refractivity contribution is 0.348. The van der Waals surface area contributed by atoms with Gasteiger partial charge in [0.25, 0.3) is 0 Å². The van der Waals surface area contributed by atoms with E-state index in [4.69, 9.17) is 14.6 Å². The van der Waals surface area contributed by atoms with Crippen LogP contribution in [0.5, 0.6) is 11.5 Å². The standard InChI is InChI=1S/C21H19N3O2S/c1-25-18-11-15(12-19(27-3)21(18)26-2)17-9-10-22-20-13-16(23-24(17)20)14-7-5-4-6-8-14/h4-13H,1-3H3. The highest BCUT2D eigenvalue weighted by molar-refractivity contribution is 7.98. The van der Waals surface area contributed by atoms with Gasteiger partial charge in [0.05, 0.1) is 30.5 Å². The molecule has 4 rings (SSSR count). The highest BCUT2D eigenvalue weighted by Crippen LogP contribution is 2.40. The van der Waals surface area contributed by atoms with Crippen LogP contribution in [0.3, 0.4) is 0 Å². The maximum Gasteiger partial charge on any atom is 0.174 e. The number of rotatable bonds is 5. The van der Waals surface area contributed by atoms with E-state index in [1.165, 1.54) is 0 Å². The van der Waals surface area contributed by atoms with E-state index in [2.05, 4.69) is 11.1 Å². The van der Waals surface area contributed by atoms with Crippen molar-refractivity contribution in [1.82, 2.24) is 14.6 Å². The third kappa shape index (κ3) is 3.13. The second-order valence-electron chi connectivity index (χ2n) is 5.91. The summed E-state index contributed by atoms with van der Waals surface area (Å²) in [7, 11) is 3.30. The quantitative estimate of drug-likeness (QED) is 0.468. The molecule has 27 heavy (non-hydrogen) atoms. The van der Waals surface area contributed by atoms with Gasteiger partial charge in [-0.2, -0.15) is 5.10 Å². The summed E-state index contributed by atoms with van der Waals surface area (Å²) in [6.07, 6.45) is 3.82. The van der Waals surface area contributed by atoms with Crippen molar-refractivity contribution in [3.63, 3.8) is 0 Å². The van der Waals surface area contributed by atoms with Crippen LogP contribution in [0.25, 0.3) is 28.2 Å². The predicted molar refractivity (Wildman–Crippen MR) is 109 cm³/mol. The van der Waals surface area contributed by atoms with Crippen molar-refractivity contribution in [2.45, 2.75) is 4.90 Å². The summed E-state index contributed by atoms with van der Waals surface area (Å²) in [6.45, 7) is 0. The Labute approximate surface area is 162 Å². The van der Waals surface area contributed by atoms with Gasteiger partial charge in [-0.15, -0.1) is 11.8 Å². The molecule has 0 saturated carbocycles. The van der Waals surface area contributed by atoms with Gasteiger partial charge in [-0.1, -0.05) is 30.3 Å². The van der Waals surface area contributed by atoms with E-state index in [1.54, 1.807) is 32.2 Å². The van der Waals surface area contributed by atoms with E-state index in [0.717, 1.165) is 38.8 Å². The van der Waals surface area contributed by atoms with Crippen LogP contribution >= 0.6 is 11.8 Å². The van der Waals surface area contributed by atoms with Crippen LogP contribution < -0.4 is 9.47 Å². The monoisotopic (exact) mass is 377 g/mol. The number of fused-ring (bicyclic) bond motifs is 1. The molecule has 0 spiro atoms. The Balaban J connectivity index is 1.91. The zero-order valence-corrected chi connectivity index (χ0v) is 16.2. The van der Waals surface area contributed by atoms with Crippen molar-refractivity contribution < 1.29 is 9.47 Å². The molecule has 2 aromatic heterocycles. The first-order valence-corrected chi connectivity index (χ1v) is 9.68. The second-order valence-corrected chi connectivity index (χ2v) is 6.76. The Bertz CT molecular complexity index is 1070. The van der Waals surface area contributed by atoms with Gasteiger partial charge in [-0.25, -0.2) is 9.50 Å². The topological polar surface area (TPSA) is 48.7 Å². The van der Waals surface area contributed by atoms with Gasteiger partial charge >= 0.3 is 0 Å². The number of hydrogen-bond acceptors (Lipinski definition) is 5. The molecular weight excluding hydrogens is 358 g/mol. The van der Waals surface area contributed by atoms with Crippen molar-refractivity contribution >= 4 is 17.4 Å². The summed E-state index contributed by atoms with van der Waals surface area (Å²) >= 11 is 1.62. The van der Waals surface area contributed by atoms with Gasteiger partial charge < -0.3 is 9.47 Å². The smallest absolute Gasteiger partial charge is 0.174 e. The van der Waals surface area contributed by atoms with E-state index < -0.39 is 0 Å². The van der Waals surface area contributed by atoms with Crippen LogP contribution in [-0.2, 0) is 0 Å². The van der Waals surface area contributed by atoms with Gasteiger partial charge in [-0.3, -0.25) is 0 Å². The highest BCUT2D eigenvalue weighted by atomic mass is 32.2. The van der Waals surface area contributed by atoms with Crippen molar-refractivity contribution in [1.29, 1.82) is 0 Å². The fourth-order valence-corrected chi connectivity index (χ4v) is 3.71. The fraction of sp³-hybridized carbons (Fsp3) is 0.143. The minimum Gasteiger partial charge on any atom is -0.493 e. The number of aromatic nitrogens is 3. The molecule has 0 aliphatic carbocycles. The Hall–Kier alpha value is -2.99. The molecule has 0 radical (unpaired) electrons. The predicted octanol–water partition coefficient (Wildman–Crippen LogP) is 4.80. The molecule has 0 aliphatic rings. The molecule has 2 heterocycles. The van der Waals surface area contributed by atoms with Crippen molar-refractivity contribution in [3.05, 3.63) is 60.8 Å². The van der Waals surface area contributed by atoms with Gasteiger partial charge in [0.2, 0.25) is 0 Å². The minimum atomic E-state index is 0.694. The van der Waals surface area contributed by atoms with Gasteiger partial charge in [0.15, 0.2) is 17.1 Å². The molecule has 136 valence electrons. The number of thioether (sulfide) groups is 1. The zero-order valence-electron chi connectivity index (χ0n) is 15.3. The molecule has 4 aromatic rings. The molecule has 0 amide bonds. The van der Waals surface area contributed by atoms with Crippen molar-refractivity contribution in [3.8, 4) is 34.0 Å². The molecule has 5 nitrogen and oxygen atoms in total. The number of methoxy groups -OCH3 is 2. The fourth-order valence-electron chi connectivity index (χ4n) is 3.09. The van der Waals surface area contributed by atoms with Gasteiger partial charge in [0, 0.05) is 23.4 Å². The Morgan fingerprint density at radius 1 is 0.926 bits per heavy atom. The molecule has 0 atom stereocenters. The number of benzene rings is 2. The first-order chi connectivity index (χ1) is 13.2. The normalized spacial score (nSPS) is 10.9. The van der Waals surface area contributed by atoms with Crippen LogP contribution in [0.1, 0.15) is 0 Å². The molecule has 0 fully saturated rings. The number of ether oxygens (including phenoxy) is 2. The summed E-state index contributed by atoms with van der Waals surface area (Å²) < 4.78 is 12.9. The van der Waals surface area contributed by atoms with Gasteiger partial charge in [0.1, 0.15) is 0 Å². The average molecular weight is 377 g/mol. The molecule has 2 aromatic carbocycles.